The molecule has 18 heavy (non-hydrogen) atoms. The maximum atomic E-state index is 12.2. The standard InChI is InChI=1S/C15H14BrNO/c1-11-6-2-5-9-14(11)17-15(18)13-8-4-3-7-12(13)10-16/h2-9H,10H2,1H3,(H,17,18). The van der Waals surface area contributed by atoms with Gasteiger partial charge in [0.2, 0.25) is 0 Å². The van der Waals surface area contributed by atoms with Crippen LogP contribution in [0.1, 0.15) is 21.5 Å². The minimum atomic E-state index is -0.0700. The molecule has 0 unspecified atom stereocenters. The summed E-state index contributed by atoms with van der Waals surface area (Å²) >= 11 is 3.40. The van der Waals surface area contributed by atoms with E-state index in [0.717, 1.165) is 16.8 Å². The molecule has 0 saturated carbocycles. The van der Waals surface area contributed by atoms with Crippen molar-refractivity contribution in [2.24, 2.45) is 0 Å². The first kappa shape index (κ1) is 12.8. The van der Waals surface area contributed by atoms with Gasteiger partial charge in [-0.2, -0.15) is 0 Å². The summed E-state index contributed by atoms with van der Waals surface area (Å²) in [7, 11) is 0. The number of rotatable bonds is 3. The zero-order valence-electron chi connectivity index (χ0n) is 10.1. The second-order valence-electron chi connectivity index (χ2n) is 4.06. The van der Waals surface area contributed by atoms with Crippen LogP contribution in [0.15, 0.2) is 48.5 Å². The van der Waals surface area contributed by atoms with Crippen LogP contribution >= 0.6 is 15.9 Å². The molecule has 0 aromatic heterocycles. The Morgan fingerprint density at radius 2 is 1.78 bits per heavy atom. The van der Waals surface area contributed by atoms with E-state index in [1.165, 1.54) is 0 Å². The van der Waals surface area contributed by atoms with Crippen LogP contribution in [0.3, 0.4) is 0 Å². The minimum absolute atomic E-state index is 0.0700. The molecule has 1 amide bonds. The molecule has 2 nitrogen and oxygen atoms in total. The highest BCUT2D eigenvalue weighted by Crippen LogP contribution is 2.17. The summed E-state index contributed by atoms with van der Waals surface area (Å²) in [5.74, 6) is -0.0700. The largest absolute Gasteiger partial charge is 0.322 e. The van der Waals surface area contributed by atoms with E-state index in [1.54, 1.807) is 0 Å². The normalized spacial score (nSPS) is 10.1. The number of nitrogens with one attached hydrogen (secondary N) is 1. The Bertz CT molecular complexity index is 566. The molecule has 0 bridgehead atoms. The average molecular weight is 304 g/mol. The monoisotopic (exact) mass is 303 g/mol. The third-order valence-corrected chi connectivity index (χ3v) is 3.40. The number of benzene rings is 2. The molecule has 92 valence electrons. The summed E-state index contributed by atoms with van der Waals surface area (Å²) in [6.07, 6.45) is 0. The van der Waals surface area contributed by atoms with Crippen molar-refractivity contribution in [2.45, 2.75) is 12.3 Å². The van der Waals surface area contributed by atoms with Crippen molar-refractivity contribution in [3.05, 3.63) is 65.2 Å². The number of carbonyl (C=O) groups excluding carboxylic acids is 1. The van der Waals surface area contributed by atoms with Gasteiger partial charge in [0.25, 0.3) is 5.91 Å². The van der Waals surface area contributed by atoms with Crippen LogP contribution in [-0.2, 0) is 5.33 Å². The van der Waals surface area contributed by atoms with E-state index < -0.39 is 0 Å². The van der Waals surface area contributed by atoms with E-state index in [9.17, 15) is 4.79 Å². The van der Waals surface area contributed by atoms with Crippen LogP contribution < -0.4 is 5.32 Å². The topological polar surface area (TPSA) is 29.1 Å². The molecule has 0 atom stereocenters. The molecule has 0 radical (unpaired) electrons. The van der Waals surface area contributed by atoms with Gasteiger partial charge in [-0.25, -0.2) is 0 Å². The third-order valence-electron chi connectivity index (χ3n) is 2.80. The lowest BCUT2D eigenvalue weighted by Crippen LogP contribution is -2.14. The zero-order chi connectivity index (χ0) is 13.0. The molecule has 0 aliphatic heterocycles. The van der Waals surface area contributed by atoms with E-state index in [4.69, 9.17) is 0 Å². The maximum absolute atomic E-state index is 12.2. The second-order valence-corrected chi connectivity index (χ2v) is 4.62. The minimum Gasteiger partial charge on any atom is -0.322 e. The summed E-state index contributed by atoms with van der Waals surface area (Å²) in [5.41, 5.74) is 3.61. The fourth-order valence-electron chi connectivity index (χ4n) is 1.76. The van der Waals surface area contributed by atoms with Crippen molar-refractivity contribution < 1.29 is 4.79 Å². The predicted molar refractivity (Wildman–Crippen MR) is 78.2 cm³/mol. The molecule has 0 aliphatic carbocycles. The van der Waals surface area contributed by atoms with E-state index in [2.05, 4.69) is 21.2 Å². The van der Waals surface area contributed by atoms with E-state index in [-0.39, 0.29) is 5.91 Å². The first-order valence-electron chi connectivity index (χ1n) is 5.73. The van der Waals surface area contributed by atoms with Gasteiger partial charge in [0.05, 0.1) is 0 Å². The molecule has 1 N–H and O–H groups in total. The van der Waals surface area contributed by atoms with Crippen molar-refractivity contribution >= 4 is 27.5 Å². The van der Waals surface area contributed by atoms with Gasteiger partial charge < -0.3 is 5.32 Å². The van der Waals surface area contributed by atoms with E-state index in [0.29, 0.717) is 10.9 Å². The molecule has 3 heteroatoms. The highest BCUT2D eigenvalue weighted by Gasteiger charge is 2.10. The summed E-state index contributed by atoms with van der Waals surface area (Å²) in [5, 5.41) is 3.61. The summed E-state index contributed by atoms with van der Waals surface area (Å²) in [4.78, 5) is 12.2. The number of aryl methyl sites for hydroxylation is 1. The van der Waals surface area contributed by atoms with Crippen LogP contribution in [0.5, 0.6) is 0 Å². The summed E-state index contributed by atoms with van der Waals surface area (Å²) in [6, 6.07) is 15.3. The quantitative estimate of drug-likeness (QED) is 0.848. The maximum Gasteiger partial charge on any atom is 0.255 e. The highest BCUT2D eigenvalue weighted by atomic mass is 79.9. The van der Waals surface area contributed by atoms with Gasteiger partial charge in [-0.05, 0) is 30.2 Å². The molecule has 0 spiro atoms. The zero-order valence-corrected chi connectivity index (χ0v) is 11.7. The van der Waals surface area contributed by atoms with Crippen molar-refractivity contribution in [2.75, 3.05) is 5.32 Å². The van der Waals surface area contributed by atoms with Gasteiger partial charge in [-0.1, -0.05) is 52.3 Å². The molecular formula is C15H14BrNO. The molecule has 2 rings (SSSR count). The Balaban J connectivity index is 2.25. The summed E-state index contributed by atoms with van der Waals surface area (Å²) < 4.78 is 0. The number of alkyl halides is 1. The average Bonchev–Trinajstić information content (AvgIpc) is 2.41. The molecule has 0 fully saturated rings. The van der Waals surface area contributed by atoms with Crippen LogP contribution in [0.4, 0.5) is 5.69 Å². The number of amides is 1. The third kappa shape index (κ3) is 2.79. The Labute approximate surface area is 115 Å². The first-order valence-corrected chi connectivity index (χ1v) is 6.85. The Kier molecular flexibility index (Phi) is 4.15. The predicted octanol–water partition coefficient (Wildman–Crippen LogP) is 4.14. The number of hydrogen-bond acceptors (Lipinski definition) is 1. The number of para-hydroxylation sites is 1. The van der Waals surface area contributed by atoms with Crippen molar-refractivity contribution in [3.63, 3.8) is 0 Å². The number of anilines is 1. The van der Waals surface area contributed by atoms with Gasteiger partial charge in [0, 0.05) is 16.6 Å². The smallest absolute Gasteiger partial charge is 0.255 e. The van der Waals surface area contributed by atoms with Crippen molar-refractivity contribution in [1.29, 1.82) is 0 Å². The molecule has 0 saturated heterocycles. The fourth-order valence-corrected chi connectivity index (χ4v) is 2.25. The van der Waals surface area contributed by atoms with Gasteiger partial charge in [-0.3, -0.25) is 4.79 Å². The van der Waals surface area contributed by atoms with E-state index >= 15 is 0 Å². The number of hydrogen-bond donors (Lipinski definition) is 1. The van der Waals surface area contributed by atoms with Gasteiger partial charge in [-0.15, -0.1) is 0 Å². The van der Waals surface area contributed by atoms with Crippen LogP contribution in [0.25, 0.3) is 0 Å². The SMILES string of the molecule is Cc1ccccc1NC(=O)c1ccccc1CBr. The van der Waals surface area contributed by atoms with Gasteiger partial charge in [0.1, 0.15) is 0 Å². The second kappa shape index (κ2) is 5.83. The lowest BCUT2D eigenvalue weighted by molar-refractivity contribution is 0.102. The lowest BCUT2D eigenvalue weighted by Gasteiger charge is -2.10. The fraction of sp³-hybridized carbons (Fsp3) is 0.133. The lowest BCUT2D eigenvalue weighted by atomic mass is 10.1. The van der Waals surface area contributed by atoms with Gasteiger partial charge in [0.15, 0.2) is 0 Å². The molecule has 2 aromatic carbocycles. The molecule has 0 heterocycles. The van der Waals surface area contributed by atoms with E-state index in [1.807, 2.05) is 55.5 Å². The first-order chi connectivity index (χ1) is 8.72. The molecule has 0 aliphatic rings. The van der Waals surface area contributed by atoms with Crippen molar-refractivity contribution in [1.82, 2.24) is 0 Å². The van der Waals surface area contributed by atoms with Crippen molar-refractivity contribution in [3.8, 4) is 0 Å². The molecular weight excluding hydrogens is 290 g/mol. The summed E-state index contributed by atoms with van der Waals surface area (Å²) in [6.45, 7) is 1.98. The van der Waals surface area contributed by atoms with Crippen LogP contribution in [0.2, 0.25) is 0 Å². The Morgan fingerprint density at radius 1 is 1.11 bits per heavy atom. The van der Waals surface area contributed by atoms with Crippen LogP contribution in [-0.4, -0.2) is 5.91 Å². The Hall–Kier alpha value is -1.61. The van der Waals surface area contributed by atoms with Gasteiger partial charge >= 0.3 is 0 Å². The van der Waals surface area contributed by atoms with Crippen LogP contribution in [0, 0.1) is 6.92 Å². The number of halogens is 1. The molecule has 2 aromatic rings. The highest BCUT2D eigenvalue weighted by molar-refractivity contribution is 9.08. The number of carbonyl (C=O) groups is 1. The Morgan fingerprint density at radius 3 is 2.50 bits per heavy atom.